The topological polar surface area (TPSA) is 52.6 Å². The Bertz CT molecular complexity index is 555. The van der Waals surface area contributed by atoms with Gasteiger partial charge in [0.1, 0.15) is 0 Å². The lowest BCUT2D eigenvalue weighted by molar-refractivity contribution is -0.116. The van der Waals surface area contributed by atoms with Gasteiger partial charge in [-0.3, -0.25) is 4.79 Å². The van der Waals surface area contributed by atoms with Crippen molar-refractivity contribution >= 4 is 27.5 Å². The van der Waals surface area contributed by atoms with Gasteiger partial charge < -0.3 is 15.3 Å². The molecule has 0 aromatic heterocycles. The van der Waals surface area contributed by atoms with Crippen LogP contribution in [0.5, 0.6) is 0 Å². The Morgan fingerprint density at radius 1 is 1.43 bits per heavy atom. The summed E-state index contributed by atoms with van der Waals surface area (Å²) in [5.41, 5.74) is 3.06. The molecule has 1 saturated heterocycles. The third kappa shape index (κ3) is 2.87. The van der Waals surface area contributed by atoms with Crippen molar-refractivity contribution < 1.29 is 9.90 Å². The minimum absolute atomic E-state index is 0.0679. The Morgan fingerprint density at radius 2 is 2.14 bits per heavy atom. The van der Waals surface area contributed by atoms with E-state index in [1.165, 1.54) is 5.56 Å². The second-order valence-corrected chi connectivity index (χ2v) is 6.81. The summed E-state index contributed by atoms with van der Waals surface area (Å²) in [4.78, 5) is 13.5. The third-order valence-corrected chi connectivity index (χ3v) is 5.31. The van der Waals surface area contributed by atoms with E-state index in [9.17, 15) is 9.90 Å². The highest BCUT2D eigenvalue weighted by atomic mass is 79.9. The first-order valence-corrected chi connectivity index (χ1v) is 8.36. The predicted octanol–water partition coefficient (Wildman–Crippen LogP) is 2.39. The van der Waals surface area contributed by atoms with Crippen LogP contribution >= 0.6 is 15.9 Å². The molecule has 0 bridgehead atoms. The van der Waals surface area contributed by atoms with Crippen molar-refractivity contribution in [1.82, 2.24) is 5.32 Å². The number of carbonyl (C=O) groups excluding carboxylic acids is 1. The maximum atomic E-state index is 11.7. The van der Waals surface area contributed by atoms with E-state index in [4.69, 9.17) is 0 Å². The van der Waals surface area contributed by atoms with Crippen LogP contribution in [0.1, 0.15) is 37.0 Å². The lowest BCUT2D eigenvalue weighted by Gasteiger charge is -2.28. The van der Waals surface area contributed by atoms with Gasteiger partial charge in [0.05, 0.1) is 6.10 Å². The van der Waals surface area contributed by atoms with Gasteiger partial charge >= 0.3 is 0 Å². The number of hydrogen-bond acceptors (Lipinski definition) is 3. The summed E-state index contributed by atoms with van der Waals surface area (Å²) < 4.78 is 0.956. The van der Waals surface area contributed by atoms with Crippen LogP contribution in [0, 0.1) is 5.92 Å². The molecule has 2 heterocycles. The van der Waals surface area contributed by atoms with Crippen LogP contribution < -0.4 is 10.2 Å². The number of piperidine rings is 1. The van der Waals surface area contributed by atoms with E-state index in [-0.39, 0.29) is 11.8 Å². The van der Waals surface area contributed by atoms with Crippen LogP contribution in [0.3, 0.4) is 0 Å². The van der Waals surface area contributed by atoms with Gasteiger partial charge in [-0.25, -0.2) is 0 Å². The summed E-state index contributed by atoms with van der Waals surface area (Å²) in [5.74, 6) is 0.353. The molecule has 0 aliphatic carbocycles. The van der Waals surface area contributed by atoms with E-state index in [2.05, 4.69) is 27.3 Å². The number of fused-ring (bicyclic) bond motifs is 1. The molecule has 114 valence electrons. The number of nitrogens with one attached hydrogen (secondary N) is 1. The number of aliphatic hydroxyl groups excluding tert-OH is 1. The Balaban J connectivity index is 1.92. The standard InChI is InChI=1S/C16H21BrN2O2/c1-10(20)19-7-4-12-8-14(17)13(9-15(12)19)16(21)11-2-5-18-6-3-11/h8-9,11,16,18,21H,2-7H2,1H3. The number of amides is 1. The highest BCUT2D eigenvalue weighted by molar-refractivity contribution is 9.10. The largest absolute Gasteiger partial charge is 0.388 e. The molecule has 1 atom stereocenters. The minimum Gasteiger partial charge on any atom is -0.388 e. The molecule has 1 aromatic rings. The van der Waals surface area contributed by atoms with E-state index < -0.39 is 6.10 Å². The molecule has 0 saturated carbocycles. The van der Waals surface area contributed by atoms with Crippen LogP contribution in [0.15, 0.2) is 16.6 Å². The summed E-state index contributed by atoms with van der Waals surface area (Å²) in [6, 6.07) is 4.07. The Hall–Kier alpha value is -0.910. The fraction of sp³-hybridized carbons (Fsp3) is 0.562. The number of rotatable bonds is 2. The van der Waals surface area contributed by atoms with Crippen LogP contribution in [-0.2, 0) is 11.2 Å². The van der Waals surface area contributed by atoms with Crippen LogP contribution in [0.25, 0.3) is 0 Å². The zero-order valence-corrected chi connectivity index (χ0v) is 13.8. The van der Waals surface area contributed by atoms with Crippen molar-refractivity contribution in [3.05, 3.63) is 27.7 Å². The van der Waals surface area contributed by atoms with Crippen molar-refractivity contribution in [3.63, 3.8) is 0 Å². The van der Waals surface area contributed by atoms with Gasteiger partial charge in [0, 0.05) is 23.6 Å². The Kier molecular flexibility index (Phi) is 4.33. The number of halogens is 1. The number of nitrogens with zero attached hydrogens (tertiary/aromatic N) is 1. The van der Waals surface area contributed by atoms with E-state index in [0.29, 0.717) is 0 Å². The molecule has 5 heteroatoms. The second-order valence-electron chi connectivity index (χ2n) is 5.96. The number of aliphatic hydroxyl groups is 1. The van der Waals surface area contributed by atoms with Crippen LogP contribution in [0.4, 0.5) is 5.69 Å². The fourth-order valence-electron chi connectivity index (χ4n) is 3.39. The minimum atomic E-state index is -0.471. The third-order valence-electron chi connectivity index (χ3n) is 4.62. The van der Waals surface area contributed by atoms with Gasteiger partial charge in [0.15, 0.2) is 0 Å². The van der Waals surface area contributed by atoms with E-state index in [1.54, 1.807) is 11.8 Å². The molecule has 0 radical (unpaired) electrons. The lowest BCUT2D eigenvalue weighted by atomic mass is 9.87. The maximum Gasteiger partial charge on any atom is 0.223 e. The summed E-state index contributed by atoms with van der Waals surface area (Å²) in [6.45, 7) is 4.26. The molecular formula is C16H21BrN2O2. The molecule has 2 N–H and O–H groups in total. The number of hydrogen-bond donors (Lipinski definition) is 2. The first kappa shape index (κ1) is 15.0. The molecule has 2 aliphatic heterocycles. The number of carbonyl (C=O) groups is 1. The van der Waals surface area contributed by atoms with Crippen LogP contribution in [0.2, 0.25) is 0 Å². The van der Waals surface area contributed by atoms with E-state index >= 15 is 0 Å². The second kappa shape index (κ2) is 6.07. The van der Waals surface area contributed by atoms with E-state index in [0.717, 1.165) is 54.6 Å². The molecule has 4 nitrogen and oxygen atoms in total. The zero-order valence-electron chi connectivity index (χ0n) is 12.2. The smallest absolute Gasteiger partial charge is 0.223 e. The maximum absolute atomic E-state index is 11.7. The van der Waals surface area contributed by atoms with Gasteiger partial charge in [-0.2, -0.15) is 0 Å². The number of benzene rings is 1. The van der Waals surface area contributed by atoms with Crippen molar-refractivity contribution in [2.45, 2.75) is 32.3 Å². The van der Waals surface area contributed by atoms with Crippen molar-refractivity contribution in [2.24, 2.45) is 5.92 Å². The lowest BCUT2D eigenvalue weighted by Crippen LogP contribution is -2.31. The normalized spacial score (nSPS) is 20.4. The molecule has 1 unspecified atom stereocenters. The SMILES string of the molecule is CC(=O)N1CCc2cc(Br)c(C(O)C3CCNCC3)cc21. The highest BCUT2D eigenvalue weighted by Crippen LogP contribution is 2.39. The first-order valence-electron chi connectivity index (χ1n) is 7.57. The van der Waals surface area contributed by atoms with Crippen molar-refractivity contribution in [2.75, 3.05) is 24.5 Å². The summed E-state index contributed by atoms with van der Waals surface area (Å²) in [5, 5.41) is 14.0. The fourth-order valence-corrected chi connectivity index (χ4v) is 4.02. The highest BCUT2D eigenvalue weighted by Gasteiger charge is 2.28. The molecule has 3 rings (SSSR count). The molecule has 1 aromatic carbocycles. The summed E-state index contributed by atoms with van der Waals surface area (Å²) >= 11 is 3.60. The molecule has 1 amide bonds. The average Bonchev–Trinajstić information content (AvgIpc) is 2.89. The molecule has 0 spiro atoms. The first-order chi connectivity index (χ1) is 10.1. The average molecular weight is 353 g/mol. The van der Waals surface area contributed by atoms with Gasteiger partial charge in [-0.05, 0) is 61.5 Å². The monoisotopic (exact) mass is 352 g/mol. The predicted molar refractivity (Wildman–Crippen MR) is 86.4 cm³/mol. The van der Waals surface area contributed by atoms with Gasteiger partial charge in [-0.15, -0.1) is 0 Å². The zero-order chi connectivity index (χ0) is 15.0. The van der Waals surface area contributed by atoms with Gasteiger partial charge in [0.25, 0.3) is 0 Å². The molecular weight excluding hydrogens is 332 g/mol. The quantitative estimate of drug-likeness (QED) is 0.859. The molecule has 2 aliphatic rings. The van der Waals surface area contributed by atoms with Gasteiger partial charge in [-0.1, -0.05) is 15.9 Å². The van der Waals surface area contributed by atoms with E-state index in [1.807, 2.05) is 6.07 Å². The number of anilines is 1. The van der Waals surface area contributed by atoms with Crippen molar-refractivity contribution in [1.29, 1.82) is 0 Å². The summed E-state index contributed by atoms with van der Waals surface area (Å²) in [7, 11) is 0. The van der Waals surface area contributed by atoms with Crippen molar-refractivity contribution in [3.8, 4) is 0 Å². The summed E-state index contributed by atoms with van der Waals surface area (Å²) in [6.07, 6.45) is 2.39. The molecule has 21 heavy (non-hydrogen) atoms. The Labute approximate surface area is 133 Å². The van der Waals surface area contributed by atoms with Crippen LogP contribution in [-0.4, -0.2) is 30.6 Å². The Morgan fingerprint density at radius 3 is 2.81 bits per heavy atom. The molecule has 1 fully saturated rings. The van der Waals surface area contributed by atoms with Gasteiger partial charge in [0.2, 0.25) is 5.91 Å².